The van der Waals surface area contributed by atoms with Gasteiger partial charge in [0.15, 0.2) is 0 Å². The molecule has 0 radical (unpaired) electrons. The fraction of sp³-hybridized carbons (Fsp3) is 0.250. The lowest BCUT2D eigenvalue weighted by Crippen LogP contribution is -2.09. The van der Waals surface area contributed by atoms with Gasteiger partial charge in [-0.15, -0.1) is 0 Å². The van der Waals surface area contributed by atoms with Crippen LogP contribution < -0.4 is 5.32 Å². The predicted octanol–water partition coefficient (Wildman–Crippen LogP) is 4.56. The van der Waals surface area contributed by atoms with E-state index in [1.165, 1.54) is 11.6 Å². The van der Waals surface area contributed by atoms with Crippen LogP contribution in [-0.4, -0.2) is 0 Å². The third-order valence-corrected chi connectivity index (χ3v) is 3.14. The molecular formula is C16H18FN. The molecule has 0 aliphatic heterocycles. The molecule has 18 heavy (non-hydrogen) atoms. The van der Waals surface area contributed by atoms with E-state index in [1.54, 1.807) is 6.07 Å². The van der Waals surface area contributed by atoms with Gasteiger partial charge in [0.2, 0.25) is 0 Å². The van der Waals surface area contributed by atoms with Crippen molar-refractivity contribution in [3.63, 3.8) is 0 Å². The third-order valence-electron chi connectivity index (χ3n) is 3.14. The average Bonchev–Trinajstić information content (AvgIpc) is 2.39. The van der Waals surface area contributed by atoms with Crippen LogP contribution in [0.1, 0.15) is 31.0 Å². The molecular weight excluding hydrogens is 225 g/mol. The number of halogens is 1. The first-order chi connectivity index (χ1) is 8.72. The van der Waals surface area contributed by atoms with Crippen molar-refractivity contribution in [3.05, 3.63) is 65.5 Å². The standard InChI is InChI=1S/C16H18FN/c1-3-13-8-4-7-11-16(13)18-12(2)14-9-5-6-10-15(14)17/h4-12,18H,3H2,1-2H3. The van der Waals surface area contributed by atoms with Crippen molar-refractivity contribution in [2.45, 2.75) is 26.3 Å². The number of benzene rings is 2. The zero-order valence-electron chi connectivity index (χ0n) is 10.8. The Morgan fingerprint density at radius 2 is 1.72 bits per heavy atom. The Labute approximate surface area is 108 Å². The highest BCUT2D eigenvalue weighted by Gasteiger charge is 2.10. The van der Waals surface area contributed by atoms with E-state index >= 15 is 0 Å². The van der Waals surface area contributed by atoms with Gasteiger partial charge in [0.25, 0.3) is 0 Å². The Morgan fingerprint density at radius 1 is 1.06 bits per heavy atom. The molecule has 2 heteroatoms. The number of anilines is 1. The van der Waals surface area contributed by atoms with Crippen LogP contribution in [0.3, 0.4) is 0 Å². The minimum Gasteiger partial charge on any atom is -0.378 e. The molecule has 2 rings (SSSR count). The molecule has 0 aliphatic rings. The van der Waals surface area contributed by atoms with Crippen molar-refractivity contribution in [3.8, 4) is 0 Å². The smallest absolute Gasteiger partial charge is 0.128 e. The molecule has 1 nitrogen and oxygen atoms in total. The fourth-order valence-electron chi connectivity index (χ4n) is 2.11. The topological polar surface area (TPSA) is 12.0 Å². The number of aryl methyl sites for hydroxylation is 1. The summed E-state index contributed by atoms with van der Waals surface area (Å²) in [6.45, 7) is 4.10. The average molecular weight is 243 g/mol. The van der Waals surface area contributed by atoms with E-state index < -0.39 is 0 Å². The Hall–Kier alpha value is -1.83. The first kappa shape index (κ1) is 12.6. The van der Waals surface area contributed by atoms with E-state index in [2.05, 4.69) is 18.3 Å². The van der Waals surface area contributed by atoms with Gasteiger partial charge >= 0.3 is 0 Å². The van der Waals surface area contributed by atoms with Gasteiger partial charge in [-0.2, -0.15) is 0 Å². The van der Waals surface area contributed by atoms with Gasteiger partial charge in [-0.3, -0.25) is 0 Å². The number of rotatable bonds is 4. The number of hydrogen-bond acceptors (Lipinski definition) is 1. The predicted molar refractivity (Wildman–Crippen MR) is 74.3 cm³/mol. The molecule has 0 heterocycles. The summed E-state index contributed by atoms with van der Waals surface area (Å²) in [6, 6.07) is 15.0. The molecule has 1 unspecified atom stereocenters. The van der Waals surface area contributed by atoms with E-state index in [1.807, 2.05) is 37.3 Å². The van der Waals surface area contributed by atoms with Crippen molar-refractivity contribution >= 4 is 5.69 Å². The fourth-order valence-corrected chi connectivity index (χ4v) is 2.11. The van der Waals surface area contributed by atoms with Crippen molar-refractivity contribution in [2.24, 2.45) is 0 Å². The minimum absolute atomic E-state index is 0.0427. The van der Waals surface area contributed by atoms with Crippen LogP contribution in [0.15, 0.2) is 48.5 Å². The summed E-state index contributed by atoms with van der Waals surface area (Å²) >= 11 is 0. The summed E-state index contributed by atoms with van der Waals surface area (Å²) in [7, 11) is 0. The molecule has 0 saturated heterocycles. The largest absolute Gasteiger partial charge is 0.378 e. The lowest BCUT2D eigenvalue weighted by molar-refractivity contribution is 0.600. The molecule has 2 aromatic carbocycles. The SMILES string of the molecule is CCc1ccccc1NC(C)c1ccccc1F. The Kier molecular flexibility index (Phi) is 3.98. The van der Waals surface area contributed by atoms with Crippen molar-refractivity contribution < 1.29 is 4.39 Å². The quantitative estimate of drug-likeness (QED) is 0.830. The second-order valence-corrected chi connectivity index (χ2v) is 4.40. The number of nitrogens with one attached hydrogen (secondary N) is 1. The van der Waals surface area contributed by atoms with Gasteiger partial charge in [0, 0.05) is 11.3 Å². The maximum Gasteiger partial charge on any atom is 0.128 e. The first-order valence-corrected chi connectivity index (χ1v) is 6.31. The Balaban J connectivity index is 2.21. The van der Waals surface area contributed by atoms with Crippen LogP contribution in [0.4, 0.5) is 10.1 Å². The van der Waals surface area contributed by atoms with Crippen LogP contribution in [0.2, 0.25) is 0 Å². The zero-order chi connectivity index (χ0) is 13.0. The molecule has 1 atom stereocenters. The van der Waals surface area contributed by atoms with Gasteiger partial charge in [0.1, 0.15) is 5.82 Å². The third kappa shape index (κ3) is 2.70. The normalized spacial score (nSPS) is 12.2. The van der Waals surface area contributed by atoms with Gasteiger partial charge in [-0.1, -0.05) is 43.3 Å². The second kappa shape index (κ2) is 5.67. The van der Waals surface area contributed by atoms with Crippen LogP contribution in [0.5, 0.6) is 0 Å². The molecule has 0 aromatic heterocycles. The van der Waals surface area contributed by atoms with Crippen LogP contribution >= 0.6 is 0 Å². The maximum absolute atomic E-state index is 13.7. The van der Waals surface area contributed by atoms with E-state index in [0.717, 1.165) is 12.1 Å². The minimum atomic E-state index is -0.161. The summed E-state index contributed by atoms with van der Waals surface area (Å²) in [5.41, 5.74) is 3.03. The van der Waals surface area contributed by atoms with Crippen LogP contribution in [0.25, 0.3) is 0 Å². The van der Waals surface area contributed by atoms with E-state index in [4.69, 9.17) is 0 Å². The zero-order valence-corrected chi connectivity index (χ0v) is 10.8. The van der Waals surface area contributed by atoms with Crippen LogP contribution in [0, 0.1) is 5.82 Å². The molecule has 0 saturated carbocycles. The van der Waals surface area contributed by atoms with Crippen molar-refractivity contribution in [1.29, 1.82) is 0 Å². The number of para-hydroxylation sites is 1. The molecule has 0 bridgehead atoms. The van der Waals surface area contributed by atoms with Crippen molar-refractivity contribution in [2.75, 3.05) is 5.32 Å². The highest BCUT2D eigenvalue weighted by atomic mass is 19.1. The van der Waals surface area contributed by atoms with Crippen molar-refractivity contribution in [1.82, 2.24) is 0 Å². The molecule has 0 fully saturated rings. The second-order valence-electron chi connectivity index (χ2n) is 4.40. The summed E-state index contributed by atoms with van der Waals surface area (Å²) in [5.74, 6) is -0.161. The summed E-state index contributed by atoms with van der Waals surface area (Å²) in [6.07, 6.45) is 0.965. The molecule has 0 aliphatic carbocycles. The maximum atomic E-state index is 13.7. The highest BCUT2D eigenvalue weighted by molar-refractivity contribution is 5.52. The van der Waals surface area contributed by atoms with Gasteiger partial charge in [-0.25, -0.2) is 4.39 Å². The molecule has 94 valence electrons. The Bertz CT molecular complexity index is 522. The van der Waals surface area contributed by atoms with Gasteiger partial charge in [-0.05, 0) is 31.0 Å². The first-order valence-electron chi connectivity index (χ1n) is 6.31. The van der Waals surface area contributed by atoms with Gasteiger partial charge < -0.3 is 5.32 Å². The van der Waals surface area contributed by atoms with E-state index in [0.29, 0.717) is 5.56 Å². The molecule has 1 N–H and O–H groups in total. The lowest BCUT2D eigenvalue weighted by Gasteiger charge is -2.18. The molecule has 2 aromatic rings. The van der Waals surface area contributed by atoms with Crippen LogP contribution in [-0.2, 0) is 6.42 Å². The summed E-state index contributed by atoms with van der Waals surface area (Å²) in [4.78, 5) is 0. The Morgan fingerprint density at radius 3 is 2.44 bits per heavy atom. The number of hydrogen-bond donors (Lipinski definition) is 1. The monoisotopic (exact) mass is 243 g/mol. The highest BCUT2D eigenvalue weighted by Crippen LogP contribution is 2.24. The lowest BCUT2D eigenvalue weighted by atomic mass is 10.1. The molecule has 0 amide bonds. The summed E-state index contributed by atoms with van der Waals surface area (Å²) in [5, 5.41) is 3.38. The molecule has 0 spiro atoms. The van der Waals surface area contributed by atoms with E-state index in [-0.39, 0.29) is 11.9 Å². The van der Waals surface area contributed by atoms with Gasteiger partial charge in [0.05, 0.1) is 6.04 Å². The summed E-state index contributed by atoms with van der Waals surface area (Å²) < 4.78 is 13.7. The van der Waals surface area contributed by atoms with E-state index in [9.17, 15) is 4.39 Å².